The first-order chi connectivity index (χ1) is 22.8. The lowest BCUT2D eigenvalue weighted by Gasteiger charge is -2.36. The summed E-state index contributed by atoms with van der Waals surface area (Å²) in [6, 6.07) is 31.0. The summed E-state index contributed by atoms with van der Waals surface area (Å²) in [7, 11) is -2.00. The van der Waals surface area contributed by atoms with Crippen LogP contribution >= 0.6 is 0 Å². The Kier molecular flexibility index (Phi) is 10.5. The highest BCUT2D eigenvalue weighted by molar-refractivity contribution is 6.94. The first-order valence-corrected chi connectivity index (χ1v) is 21.1. The Morgan fingerprint density at radius 1 is 0.489 bits per heavy atom. The lowest BCUT2D eigenvalue weighted by molar-refractivity contribution is 0.681. The number of benzene rings is 4. The van der Waals surface area contributed by atoms with Crippen LogP contribution in [0.15, 0.2) is 83.2 Å². The Hall–Kier alpha value is -3.42. The fourth-order valence-electron chi connectivity index (χ4n) is 8.55. The summed E-state index contributed by atoms with van der Waals surface area (Å²) >= 11 is 0. The van der Waals surface area contributed by atoms with Crippen LogP contribution in [0.5, 0.6) is 0 Å². The predicted octanol–water partition coefficient (Wildman–Crippen LogP) is 13.5. The Morgan fingerprint density at radius 3 is 1.36 bits per heavy atom. The third kappa shape index (κ3) is 6.93. The quantitative estimate of drug-likeness (QED) is 0.0954. The summed E-state index contributed by atoms with van der Waals surface area (Å²) in [5.41, 5.74) is 17.2. The minimum absolute atomic E-state index is 1.14. The minimum atomic E-state index is -2.00. The highest BCUT2D eigenvalue weighted by Crippen LogP contribution is 2.48. The van der Waals surface area contributed by atoms with Crippen LogP contribution in [0.25, 0.3) is 34.4 Å². The molecule has 0 aliphatic heterocycles. The van der Waals surface area contributed by atoms with Crippen LogP contribution in [-0.4, -0.2) is 8.07 Å². The molecule has 0 unspecified atom stereocenters. The van der Waals surface area contributed by atoms with E-state index < -0.39 is 8.07 Å². The summed E-state index contributed by atoms with van der Waals surface area (Å²) in [5, 5.41) is 3.62. The van der Waals surface area contributed by atoms with E-state index in [9.17, 15) is 0 Å². The van der Waals surface area contributed by atoms with Crippen LogP contribution in [0.1, 0.15) is 110 Å². The smallest absolute Gasteiger partial charge is 0.0709 e. The van der Waals surface area contributed by atoms with E-state index >= 15 is 0 Å². The molecule has 0 atom stereocenters. The fraction of sp³-hybridized carbons (Fsp3) is 0.391. The molecule has 0 aromatic heterocycles. The van der Waals surface area contributed by atoms with Crippen molar-refractivity contribution in [2.75, 3.05) is 0 Å². The van der Waals surface area contributed by atoms with Crippen molar-refractivity contribution in [2.24, 2.45) is 0 Å². The molecule has 4 aromatic rings. The number of allylic oxidation sites excluding steroid dienone is 2. The zero-order valence-corrected chi connectivity index (χ0v) is 31.1. The molecule has 0 amide bonds. The van der Waals surface area contributed by atoms with Gasteiger partial charge < -0.3 is 0 Å². The molecule has 2 aliphatic carbocycles. The monoisotopic (exact) mass is 636 g/mol. The fourth-order valence-corrected chi connectivity index (χ4v) is 14.1. The molecule has 47 heavy (non-hydrogen) atoms. The number of hydrogen-bond acceptors (Lipinski definition) is 0. The topological polar surface area (TPSA) is 0 Å². The lowest BCUT2D eigenvalue weighted by atomic mass is 9.93. The van der Waals surface area contributed by atoms with Gasteiger partial charge in [-0.15, -0.1) is 0 Å². The van der Waals surface area contributed by atoms with E-state index in [1.165, 1.54) is 119 Å². The van der Waals surface area contributed by atoms with E-state index in [2.05, 4.69) is 126 Å². The van der Waals surface area contributed by atoms with Gasteiger partial charge in [-0.05, 0) is 108 Å². The second kappa shape index (κ2) is 14.8. The van der Waals surface area contributed by atoms with Crippen molar-refractivity contribution in [2.45, 2.75) is 118 Å². The van der Waals surface area contributed by atoms with Gasteiger partial charge in [0.25, 0.3) is 0 Å². The summed E-state index contributed by atoms with van der Waals surface area (Å²) in [6.07, 6.45) is 18.5. The van der Waals surface area contributed by atoms with Crippen LogP contribution in [0.3, 0.4) is 0 Å². The Morgan fingerprint density at radius 2 is 0.936 bits per heavy atom. The Bertz CT molecular complexity index is 1670. The molecule has 0 saturated heterocycles. The predicted molar refractivity (Wildman–Crippen MR) is 210 cm³/mol. The molecule has 0 heterocycles. The van der Waals surface area contributed by atoms with Crippen molar-refractivity contribution in [1.82, 2.24) is 0 Å². The molecule has 0 radical (unpaired) electrons. The molecule has 0 N–H and O–H groups in total. The number of hydrogen-bond donors (Lipinski definition) is 0. The Balaban J connectivity index is 1.49. The lowest BCUT2D eigenvalue weighted by Crippen LogP contribution is -2.40. The molecule has 0 spiro atoms. The Labute approximate surface area is 287 Å². The van der Waals surface area contributed by atoms with Crippen molar-refractivity contribution >= 4 is 20.2 Å². The third-order valence-corrected chi connectivity index (χ3v) is 16.8. The van der Waals surface area contributed by atoms with E-state index in [1.54, 1.807) is 11.1 Å². The van der Waals surface area contributed by atoms with Crippen LogP contribution in [0.2, 0.25) is 12.1 Å². The van der Waals surface area contributed by atoms with Gasteiger partial charge in [-0.1, -0.05) is 172 Å². The van der Waals surface area contributed by atoms with Crippen molar-refractivity contribution < 1.29 is 0 Å². The van der Waals surface area contributed by atoms with Crippen molar-refractivity contribution in [3.63, 3.8) is 0 Å². The van der Waals surface area contributed by atoms with Gasteiger partial charge in [0.1, 0.15) is 8.07 Å². The maximum Gasteiger partial charge on any atom is 0.109 e. The summed E-state index contributed by atoms with van der Waals surface area (Å²) < 4.78 is 0. The first kappa shape index (κ1) is 33.5. The zero-order valence-electron chi connectivity index (χ0n) is 30.1. The summed E-state index contributed by atoms with van der Waals surface area (Å²) in [4.78, 5) is 0. The van der Waals surface area contributed by atoms with Gasteiger partial charge in [-0.3, -0.25) is 0 Å². The molecule has 244 valence electrons. The van der Waals surface area contributed by atoms with E-state index in [-0.39, 0.29) is 0 Å². The van der Waals surface area contributed by atoms with Gasteiger partial charge in [-0.2, -0.15) is 0 Å². The largest absolute Gasteiger partial charge is 0.109 e. The van der Waals surface area contributed by atoms with Crippen LogP contribution in [0, 0.1) is 27.7 Å². The molecule has 0 bridgehead atoms. The molecular weight excluding hydrogens is 581 g/mol. The van der Waals surface area contributed by atoms with Gasteiger partial charge >= 0.3 is 0 Å². The highest BCUT2D eigenvalue weighted by Gasteiger charge is 2.43. The van der Waals surface area contributed by atoms with Crippen molar-refractivity contribution in [3.05, 3.63) is 128 Å². The second-order valence-corrected chi connectivity index (χ2v) is 19.2. The third-order valence-electron chi connectivity index (χ3n) is 11.3. The number of unbranched alkanes of at least 4 members (excludes halogenated alkanes) is 6. The molecule has 4 aromatic carbocycles. The molecule has 1 heteroatoms. The summed E-state index contributed by atoms with van der Waals surface area (Å²) in [5.74, 6) is 0. The highest BCUT2D eigenvalue weighted by atomic mass is 28.3. The first-order valence-electron chi connectivity index (χ1n) is 18.7. The standard InChI is InChI=1S/C46H56Si/c1-7-9-11-13-25-47(26-14-12-10-8-2,39-29-37-17-15-19-41(45(37)31-39)43-27-33(3)21-23-35(43)5)40-30-38-18-16-20-42(46(38)32-40)44-28-34(4)22-24-36(44)6/h15-24,27-28,31-32H,7-14,25-26,29-30H2,1-6H3. The van der Waals surface area contributed by atoms with Crippen LogP contribution < -0.4 is 0 Å². The van der Waals surface area contributed by atoms with Gasteiger partial charge in [0.2, 0.25) is 0 Å². The summed E-state index contributed by atoms with van der Waals surface area (Å²) in [6.45, 7) is 13.7. The van der Waals surface area contributed by atoms with Gasteiger partial charge in [0.05, 0.1) is 0 Å². The molecule has 0 fully saturated rings. The van der Waals surface area contributed by atoms with Gasteiger partial charge in [0, 0.05) is 0 Å². The van der Waals surface area contributed by atoms with Crippen molar-refractivity contribution in [3.8, 4) is 22.3 Å². The average Bonchev–Trinajstić information content (AvgIpc) is 3.72. The van der Waals surface area contributed by atoms with E-state index in [1.807, 2.05) is 10.4 Å². The molecule has 0 saturated carbocycles. The minimum Gasteiger partial charge on any atom is -0.0709 e. The molecule has 0 nitrogen and oxygen atoms in total. The van der Waals surface area contributed by atoms with E-state index in [4.69, 9.17) is 0 Å². The van der Waals surface area contributed by atoms with Crippen molar-refractivity contribution in [1.29, 1.82) is 0 Å². The molecular formula is C46H56Si. The van der Waals surface area contributed by atoms with E-state index in [0.29, 0.717) is 0 Å². The number of rotatable bonds is 14. The van der Waals surface area contributed by atoms with Crippen LogP contribution in [0.4, 0.5) is 0 Å². The molecule has 2 aliphatic rings. The normalized spacial score (nSPS) is 13.8. The maximum absolute atomic E-state index is 2.73. The van der Waals surface area contributed by atoms with Crippen LogP contribution in [-0.2, 0) is 12.8 Å². The number of aryl methyl sites for hydroxylation is 4. The second-order valence-electron chi connectivity index (χ2n) is 14.8. The zero-order chi connectivity index (χ0) is 33.0. The SMILES string of the molecule is CCCCCC[Si](CCCCCC)(C1=Cc2c(cccc2-c2cc(C)ccc2C)C1)C1=Cc2c(cccc2-c2cc(C)ccc2C)C1. The molecule has 6 rings (SSSR count). The number of fused-ring (bicyclic) bond motifs is 2. The maximum atomic E-state index is 2.73. The van der Waals surface area contributed by atoms with Gasteiger partial charge in [0.15, 0.2) is 0 Å². The van der Waals surface area contributed by atoms with Gasteiger partial charge in [-0.25, -0.2) is 0 Å². The average molecular weight is 637 g/mol. The van der Waals surface area contributed by atoms with E-state index in [0.717, 1.165) is 12.8 Å².